The molecule has 0 heterocycles. The molecule has 0 aromatic heterocycles. The molecule has 0 amide bonds. The summed E-state index contributed by atoms with van der Waals surface area (Å²) in [6.45, 7) is 0.308. The predicted octanol–water partition coefficient (Wildman–Crippen LogP) is 0.793. The molecule has 1 rings (SSSR count). The lowest BCUT2D eigenvalue weighted by atomic mass is 10.1. The second-order valence-electron chi connectivity index (χ2n) is 2.73. The van der Waals surface area contributed by atoms with Gasteiger partial charge in [0.15, 0.2) is 0 Å². The Kier molecular flexibility index (Phi) is 3.22. The first-order valence-corrected chi connectivity index (χ1v) is 3.98. The van der Waals surface area contributed by atoms with Crippen molar-refractivity contribution >= 4 is 0 Å². The van der Waals surface area contributed by atoms with Crippen molar-refractivity contribution in [3.8, 4) is 5.75 Å². The van der Waals surface area contributed by atoms with Crippen LogP contribution in [0.5, 0.6) is 5.75 Å². The maximum atomic E-state index is 12.7. The fraction of sp³-hybridized carbons (Fsp3) is 0.333. The third-order valence-corrected chi connectivity index (χ3v) is 1.85. The molecule has 0 saturated carbocycles. The average molecular weight is 184 g/mol. The van der Waals surface area contributed by atoms with E-state index in [9.17, 15) is 4.39 Å². The highest BCUT2D eigenvalue weighted by molar-refractivity contribution is 5.36. The zero-order chi connectivity index (χ0) is 9.84. The molecule has 1 aromatic rings. The summed E-state index contributed by atoms with van der Waals surface area (Å²) in [6.07, 6.45) is 0. The third-order valence-electron chi connectivity index (χ3n) is 1.85. The SMILES string of the molecule is COc1cc(F)ccc1[C@H](N)CN. The third kappa shape index (κ3) is 2.17. The largest absolute Gasteiger partial charge is 0.496 e. The molecule has 0 spiro atoms. The Bertz CT molecular complexity index is 291. The highest BCUT2D eigenvalue weighted by Crippen LogP contribution is 2.23. The Morgan fingerprint density at radius 3 is 2.77 bits per heavy atom. The van der Waals surface area contributed by atoms with E-state index in [1.807, 2.05) is 0 Å². The summed E-state index contributed by atoms with van der Waals surface area (Å²) in [5.41, 5.74) is 11.8. The van der Waals surface area contributed by atoms with Gasteiger partial charge in [0.25, 0.3) is 0 Å². The van der Waals surface area contributed by atoms with Crippen LogP contribution in [0.3, 0.4) is 0 Å². The molecule has 0 radical (unpaired) electrons. The number of hydrogen-bond acceptors (Lipinski definition) is 3. The van der Waals surface area contributed by atoms with Gasteiger partial charge in [0.1, 0.15) is 11.6 Å². The number of halogens is 1. The first-order valence-electron chi connectivity index (χ1n) is 3.98. The molecule has 1 atom stereocenters. The van der Waals surface area contributed by atoms with E-state index in [0.29, 0.717) is 12.3 Å². The zero-order valence-electron chi connectivity index (χ0n) is 7.46. The van der Waals surface area contributed by atoms with Crippen molar-refractivity contribution in [2.75, 3.05) is 13.7 Å². The van der Waals surface area contributed by atoms with Crippen LogP contribution in [0.1, 0.15) is 11.6 Å². The quantitative estimate of drug-likeness (QED) is 0.730. The second kappa shape index (κ2) is 4.20. The van der Waals surface area contributed by atoms with Gasteiger partial charge in [0.05, 0.1) is 7.11 Å². The van der Waals surface area contributed by atoms with Gasteiger partial charge in [-0.2, -0.15) is 0 Å². The summed E-state index contributed by atoms with van der Waals surface area (Å²) < 4.78 is 17.7. The Morgan fingerprint density at radius 1 is 1.54 bits per heavy atom. The lowest BCUT2D eigenvalue weighted by molar-refractivity contribution is 0.402. The van der Waals surface area contributed by atoms with Crippen molar-refractivity contribution in [3.05, 3.63) is 29.6 Å². The van der Waals surface area contributed by atoms with Gasteiger partial charge in [0.2, 0.25) is 0 Å². The number of methoxy groups -OCH3 is 1. The highest BCUT2D eigenvalue weighted by atomic mass is 19.1. The second-order valence-corrected chi connectivity index (χ2v) is 2.73. The van der Waals surface area contributed by atoms with Gasteiger partial charge < -0.3 is 16.2 Å². The molecule has 0 aliphatic rings. The van der Waals surface area contributed by atoms with Crippen LogP contribution in [0.15, 0.2) is 18.2 Å². The Hall–Kier alpha value is -1.13. The van der Waals surface area contributed by atoms with Gasteiger partial charge in [-0.1, -0.05) is 6.07 Å². The minimum absolute atomic E-state index is 0.308. The number of benzene rings is 1. The van der Waals surface area contributed by atoms with Crippen LogP contribution in [-0.4, -0.2) is 13.7 Å². The molecule has 4 heteroatoms. The van der Waals surface area contributed by atoms with Crippen LogP contribution < -0.4 is 16.2 Å². The van der Waals surface area contributed by atoms with Crippen molar-refractivity contribution in [2.45, 2.75) is 6.04 Å². The van der Waals surface area contributed by atoms with Crippen LogP contribution >= 0.6 is 0 Å². The Labute approximate surface area is 76.5 Å². The minimum Gasteiger partial charge on any atom is -0.496 e. The molecule has 3 nitrogen and oxygen atoms in total. The normalized spacial score (nSPS) is 12.6. The number of hydrogen-bond donors (Lipinski definition) is 2. The van der Waals surface area contributed by atoms with Gasteiger partial charge in [-0.15, -0.1) is 0 Å². The van der Waals surface area contributed by atoms with E-state index < -0.39 is 0 Å². The van der Waals surface area contributed by atoms with Gasteiger partial charge in [0, 0.05) is 24.2 Å². The molecule has 4 N–H and O–H groups in total. The van der Waals surface area contributed by atoms with E-state index in [0.717, 1.165) is 5.56 Å². The van der Waals surface area contributed by atoms with Crippen LogP contribution in [0.4, 0.5) is 4.39 Å². The summed E-state index contributed by atoms with van der Waals surface area (Å²) in [4.78, 5) is 0. The molecule has 0 saturated heterocycles. The van der Waals surface area contributed by atoms with E-state index in [4.69, 9.17) is 16.2 Å². The van der Waals surface area contributed by atoms with Crippen molar-refractivity contribution in [1.29, 1.82) is 0 Å². The van der Waals surface area contributed by atoms with Crippen molar-refractivity contribution in [1.82, 2.24) is 0 Å². The first kappa shape index (κ1) is 9.95. The summed E-state index contributed by atoms with van der Waals surface area (Å²) in [5.74, 6) is 0.0998. The summed E-state index contributed by atoms with van der Waals surface area (Å²) >= 11 is 0. The van der Waals surface area contributed by atoms with Crippen molar-refractivity contribution < 1.29 is 9.13 Å². The summed E-state index contributed by atoms with van der Waals surface area (Å²) in [6, 6.07) is 3.92. The smallest absolute Gasteiger partial charge is 0.126 e. The molecular weight excluding hydrogens is 171 g/mol. The fourth-order valence-electron chi connectivity index (χ4n) is 1.12. The van der Waals surface area contributed by atoms with Crippen LogP contribution in [0.2, 0.25) is 0 Å². The lowest BCUT2D eigenvalue weighted by Crippen LogP contribution is -2.21. The standard InChI is InChI=1S/C9H13FN2O/c1-13-9-4-6(10)2-3-7(9)8(12)5-11/h2-4,8H,5,11-12H2,1H3/t8-/m1/s1. The van der Waals surface area contributed by atoms with Gasteiger partial charge in [-0.05, 0) is 6.07 Å². The first-order chi connectivity index (χ1) is 6.19. The molecule has 1 aromatic carbocycles. The minimum atomic E-state index is -0.343. The van der Waals surface area contributed by atoms with E-state index >= 15 is 0 Å². The summed E-state index contributed by atoms with van der Waals surface area (Å²) in [5, 5.41) is 0. The molecule has 0 aliphatic heterocycles. The molecule has 0 bridgehead atoms. The van der Waals surface area contributed by atoms with E-state index in [1.54, 1.807) is 6.07 Å². The summed E-state index contributed by atoms with van der Waals surface area (Å²) in [7, 11) is 1.47. The molecule has 0 aliphatic carbocycles. The molecule has 0 unspecified atom stereocenters. The molecular formula is C9H13FN2O. The van der Waals surface area contributed by atoms with E-state index in [1.165, 1.54) is 19.2 Å². The molecule has 72 valence electrons. The maximum absolute atomic E-state index is 12.7. The molecule has 0 fully saturated rings. The highest BCUT2D eigenvalue weighted by Gasteiger charge is 2.10. The topological polar surface area (TPSA) is 61.3 Å². The zero-order valence-corrected chi connectivity index (χ0v) is 7.46. The van der Waals surface area contributed by atoms with E-state index in [2.05, 4.69) is 0 Å². The van der Waals surface area contributed by atoms with Crippen LogP contribution in [-0.2, 0) is 0 Å². The Balaban J connectivity index is 3.05. The monoisotopic (exact) mass is 184 g/mol. The van der Waals surface area contributed by atoms with Crippen LogP contribution in [0, 0.1) is 5.82 Å². The number of ether oxygens (including phenoxy) is 1. The lowest BCUT2D eigenvalue weighted by Gasteiger charge is -2.13. The van der Waals surface area contributed by atoms with Gasteiger partial charge in [-0.3, -0.25) is 0 Å². The number of rotatable bonds is 3. The van der Waals surface area contributed by atoms with E-state index in [-0.39, 0.29) is 11.9 Å². The van der Waals surface area contributed by atoms with Crippen LogP contribution in [0.25, 0.3) is 0 Å². The maximum Gasteiger partial charge on any atom is 0.126 e. The average Bonchev–Trinajstić information content (AvgIpc) is 2.16. The Morgan fingerprint density at radius 2 is 2.23 bits per heavy atom. The van der Waals surface area contributed by atoms with Crippen molar-refractivity contribution in [3.63, 3.8) is 0 Å². The predicted molar refractivity (Wildman–Crippen MR) is 48.9 cm³/mol. The van der Waals surface area contributed by atoms with Gasteiger partial charge in [-0.25, -0.2) is 4.39 Å². The molecule has 13 heavy (non-hydrogen) atoms. The number of nitrogens with two attached hydrogens (primary N) is 2. The van der Waals surface area contributed by atoms with Gasteiger partial charge >= 0.3 is 0 Å². The van der Waals surface area contributed by atoms with Crippen molar-refractivity contribution in [2.24, 2.45) is 11.5 Å². The fourth-order valence-corrected chi connectivity index (χ4v) is 1.12.